The summed E-state index contributed by atoms with van der Waals surface area (Å²) in [4.78, 5) is 18.5. The summed E-state index contributed by atoms with van der Waals surface area (Å²) >= 11 is 6.25. The second kappa shape index (κ2) is 7.50. The molecule has 4 heterocycles. The van der Waals surface area contributed by atoms with Crippen LogP contribution in [0.25, 0.3) is 5.69 Å². The lowest BCUT2D eigenvalue weighted by Gasteiger charge is -2.39. The van der Waals surface area contributed by atoms with E-state index in [1.807, 2.05) is 41.3 Å². The number of benzene rings is 1. The largest absolute Gasteiger partial charge is 0.367 e. The highest BCUT2D eigenvalue weighted by Gasteiger charge is 2.48. The summed E-state index contributed by atoms with van der Waals surface area (Å²) in [6.07, 6.45) is 8.31. The fraction of sp³-hybridized carbons (Fsp3) is 0.318. The molecule has 1 atom stereocenters. The number of fused-ring (bicyclic) bond motifs is 2. The smallest absolute Gasteiger partial charge is 0.251 e. The number of nitrogens with zero attached hydrogens (tertiary/aromatic N) is 4. The topological polar surface area (TPSA) is 86.3 Å². The molecule has 2 N–H and O–H groups in total. The molecule has 2 aliphatic heterocycles. The predicted molar refractivity (Wildman–Crippen MR) is 112 cm³/mol. The van der Waals surface area contributed by atoms with Gasteiger partial charge in [-0.3, -0.25) is 14.7 Å². The average Bonchev–Trinajstić information content (AvgIpc) is 3.34. The number of hydrogen-bond acceptors (Lipinski definition) is 5. The average molecular weight is 424 g/mol. The van der Waals surface area contributed by atoms with Gasteiger partial charge in [0.2, 0.25) is 0 Å². The van der Waals surface area contributed by atoms with Crippen LogP contribution in [0.5, 0.6) is 0 Å². The lowest BCUT2D eigenvalue weighted by molar-refractivity contribution is -0.148. The molecule has 1 unspecified atom stereocenters. The molecule has 1 fully saturated rings. The van der Waals surface area contributed by atoms with E-state index in [1.54, 1.807) is 18.5 Å². The maximum atomic E-state index is 11.9. The Kier molecular flexibility index (Phi) is 4.81. The number of piperidine rings is 1. The van der Waals surface area contributed by atoms with Crippen LogP contribution < -0.4 is 5.73 Å². The van der Waals surface area contributed by atoms with Gasteiger partial charge in [0.05, 0.1) is 23.7 Å². The zero-order valence-electron chi connectivity index (χ0n) is 16.4. The van der Waals surface area contributed by atoms with E-state index in [4.69, 9.17) is 22.1 Å². The molecule has 2 aromatic heterocycles. The van der Waals surface area contributed by atoms with E-state index in [1.165, 1.54) is 0 Å². The molecule has 7 nitrogen and oxygen atoms in total. The van der Waals surface area contributed by atoms with Crippen LogP contribution in [-0.2, 0) is 21.7 Å². The van der Waals surface area contributed by atoms with Gasteiger partial charge < -0.3 is 10.5 Å². The van der Waals surface area contributed by atoms with Crippen molar-refractivity contribution in [2.24, 2.45) is 5.73 Å². The van der Waals surface area contributed by atoms with Crippen LogP contribution in [0, 0.1) is 0 Å². The zero-order valence-corrected chi connectivity index (χ0v) is 17.1. The van der Waals surface area contributed by atoms with Gasteiger partial charge in [-0.1, -0.05) is 17.7 Å². The van der Waals surface area contributed by atoms with E-state index in [0.717, 1.165) is 54.9 Å². The summed E-state index contributed by atoms with van der Waals surface area (Å²) in [6.45, 7) is 2.49. The number of pyridine rings is 1. The van der Waals surface area contributed by atoms with Crippen molar-refractivity contribution in [2.75, 3.05) is 13.1 Å². The predicted octanol–water partition coefficient (Wildman–Crippen LogP) is 2.97. The van der Waals surface area contributed by atoms with Gasteiger partial charge in [0.15, 0.2) is 6.10 Å². The van der Waals surface area contributed by atoms with Gasteiger partial charge in [-0.15, -0.1) is 0 Å². The van der Waals surface area contributed by atoms with Gasteiger partial charge in [0.1, 0.15) is 0 Å². The first kappa shape index (κ1) is 19.2. The van der Waals surface area contributed by atoms with Crippen LogP contribution in [0.2, 0.25) is 5.02 Å². The molecule has 2 aliphatic rings. The van der Waals surface area contributed by atoms with Crippen molar-refractivity contribution in [3.8, 4) is 5.69 Å². The molecule has 0 radical (unpaired) electrons. The number of likely N-dealkylation sites (tertiary alicyclic amines) is 1. The lowest BCUT2D eigenvalue weighted by atomic mass is 9.83. The minimum Gasteiger partial charge on any atom is -0.367 e. The van der Waals surface area contributed by atoms with Crippen molar-refractivity contribution in [3.05, 3.63) is 76.8 Å². The number of carbonyl (C=O) groups is 1. The number of ether oxygens (including phenoxy) is 1. The standard InChI is InChI=1S/C22H22ClN5O2/c23-16-3-4-18-19(10-16)22(30-20(18)21(24)29)5-8-27(9-6-22)13-15-11-26-28(14-15)17-2-1-7-25-12-17/h1-4,7,10-12,14,20H,5-6,8-9,13H2,(H2,24,29). The fourth-order valence-electron chi connectivity index (χ4n) is 4.51. The molecule has 1 aromatic carbocycles. The molecule has 1 saturated heterocycles. The third-order valence-electron chi connectivity index (χ3n) is 6.01. The van der Waals surface area contributed by atoms with E-state index in [9.17, 15) is 4.79 Å². The monoisotopic (exact) mass is 423 g/mol. The second-order valence-electron chi connectivity index (χ2n) is 7.91. The highest BCUT2D eigenvalue weighted by molar-refractivity contribution is 6.30. The molecule has 1 amide bonds. The van der Waals surface area contributed by atoms with Crippen molar-refractivity contribution >= 4 is 17.5 Å². The Morgan fingerprint density at radius 3 is 2.83 bits per heavy atom. The van der Waals surface area contributed by atoms with Crippen LogP contribution in [0.15, 0.2) is 55.1 Å². The van der Waals surface area contributed by atoms with Crippen molar-refractivity contribution in [3.63, 3.8) is 0 Å². The maximum absolute atomic E-state index is 11.9. The van der Waals surface area contributed by atoms with Crippen LogP contribution in [0.1, 0.15) is 35.6 Å². The number of amides is 1. The first-order chi connectivity index (χ1) is 14.5. The highest BCUT2D eigenvalue weighted by atomic mass is 35.5. The molecule has 0 saturated carbocycles. The Labute approximate surface area is 179 Å². The molecular formula is C22H22ClN5O2. The zero-order chi connectivity index (χ0) is 20.7. The molecule has 154 valence electrons. The van der Waals surface area contributed by atoms with E-state index in [0.29, 0.717) is 5.02 Å². The summed E-state index contributed by atoms with van der Waals surface area (Å²) < 4.78 is 8.09. The van der Waals surface area contributed by atoms with E-state index >= 15 is 0 Å². The van der Waals surface area contributed by atoms with Gasteiger partial charge in [-0.05, 0) is 48.2 Å². The molecule has 30 heavy (non-hydrogen) atoms. The molecule has 8 heteroatoms. The molecule has 0 aliphatic carbocycles. The fourth-order valence-corrected chi connectivity index (χ4v) is 4.68. The van der Waals surface area contributed by atoms with Crippen molar-refractivity contribution in [1.82, 2.24) is 19.7 Å². The second-order valence-corrected chi connectivity index (χ2v) is 8.34. The molecular weight excluding hydrogens is 402 g/mol. The Balaban J connectivity index is 1.30. The first-order valence-corrected chi connectivity index (χ1v) is 10.4. The maximum Gasteiger partial charge on any atom is 0.251 e. The van der Waals surface area contributed by atoms with E-state index in [2.05, 4.69) is 15.0 Å². The van der Waals surface area contributed by atoms with Crippen molar-refractivity contribution in [1.29, 1.82) is 0 Å². The molecule has 1 spiro atoms. The summed E-state index contributed by atoms with van der Waals surface area (Å²) in [6, 6.07) is 9.44. The number of primary amides is 1. The number of carbonyl (C=O) groups excluding carboxylic acids is 1. The van der Waals surface area contributed by atoms with Gasteiger partial charge in [0, 0.05) is 42.6 Å². The number of rotatable bonds is 4. The Bertz CT molecular complexity index is 1080. The molecule has 5 rings (SSSR count). The quantitative estimate of drug-likeness (QED) is 0.697. The number of nitrogens with two attached hydrogens (primary N) is 1. The minimum atomic E-state index is -0.707. The molecule has 0 bridgehead atoms. The van der Waals surface area contributed by atoms with Crippen LogP contribution in [0.4, 0.5) is 0 Å². The van der Waals surface area contributed by atoms with Gasteiger partial charge >= 0.3 is 0 Å². The molecule has 3 aromatic rings. The van der Waals surface area contributed by atoms with Crippen LogP contribution in [0.3, 0.4) is 0 Å². The van der Waals surface area contributed by atoms with Gasteiger partial charge in [-0.2, -0.15) is 5.10 Å². The van der Waals surface area contributed by atoms with Crippen LogP contribution >= 0.6 is 11.6 Å². The van der Waals surface area contributed by atoms with E-state index < -0.39 is 17.6 Å². The normalized spacial score (nSPS) is 20.4. The summed E-state index contributed by atoms with van der Waals surface area (Å²) in [7, 11) is 0. The van der Waals surface area contributed by atoms with E-state index in [-0.39, 0.29) is 0 Å². The number of hydrogen-bond donors (Lipinski definition) is 1. The third kappa shape index (κ3) is 3.39. The summed E-state index contributed by atoms with van der Waals surface area (Å²) in [5.41, 5.74) is 9.02. The third-order valence-corrected chi connectivity index (χ3v) is 6.24. The first-order valence-electron chi connectivity index (χ1n) is 9.97. The Morgan fingerprint density at radius 2 is 2.10 bits per heavy atom. The van der Waals surface area contributed by atoms with Gasteiger partial charge in [-0.25, -0.2) is 4.68 Å². The lowest BCUT2D eigenvalue weighted by Crippen LogP contribution is -2.42. The minimum absolute atomic E-state index is 0.458. The Morgan fingerprint density at radius 1 is 1.27 bits per heavy atom. The van der Waals surface area contributed by atoms with Crippen LogP contribution in [-0.4, -0.2) is 38.7 Å². The summed E-state index contributed by atoms with van der Waals surface area (Å²) in [5.74, 6) is -0.458. The Hall–Kier alpha value is -2.74. The number of halogens is 1. The number of aromatic nitrogens is 3. The summed E-state index contributed by atoms with van der Waals surface area (Å²) in [5, 5.41) is 5.10. The van der Waals surface area contributed by atoms with Crippen molar-refractivity contribution < 1.29 is 9.53 Å². The SMILES string of the molecule is NC(=O)C1OC2(CCN(Cc3cnn(-c4cccnc4)c3)CC2)c2cc(Cl)ccc21. The van der Waals surface area contributed by atoms with Gasteiger partial charge in [0.25, 0.3) is 5.91 Å². The van der Waals surface area contributed by atoms with Crippen molar-refractivity contribution in [2.45, 2.75) is 31.1 Å². The highest BCUT2D eigenvalue weighted by Crippen LogP contribution is 2.50.